The molecule has 0 bridgehead atoms. The first-order valence-electron chi connectivity index (χ1n) is 4.97. The van der Waals surface area contributed by atoms with Crippen molar-refractivity contribution in [2.45, 2.75) is 13.5 Å². The highest BCUT2D eigenvalue weighted by atomic mass is 79.9. The smallest absolute Gasteiger partial charge is 0.339 e. The summed E-state index contributed by atoms with van der Waals surface area (Å²) in [6, 6.07) is 3.76. The molecule has 1 aromatic heterocycles. The molecular weight excluding hydrogens is 307 g/mol. The molecule has 0 unspecified atom stereocenters. The molecule has 0 atom stereocenters. The zero-order valence-electron chi connectivity index (χ0n) is 9.31. The molecule has 0 saturated heterocycles. The molecule has 0 amide bonds. The maximum atomic E-state index is 13.0. The van der Waals surface area contributed by atoms with E-state index in [9.17, 15) is 9.18 Å². The van der Waals surface area contributed by atoms with Gasteiger partial charge >= 0.3 is 5.97 Å². The molecule has 0 saturated carbocycles. The SMILES string of the molecule is Cc1noc(COC(=O)c2cc(F)ccc2Br)n1. The highest BCUT2D eigenvalue weighted by molar-refractivity contribution is 9.10. The predicted octanol–water partition coefficient (Wildman–Crippen LogP) is 2.64. The van der Waals surface area contributed by atoms with Crippen LogP contribution in [0.15, 0.2) is 27.2 Å². The summed E-state index contributed by atoms with van der Waals surface area (Å²) in [6.45, 7) is 1.50. The number of hydrogen-bond acceptors (Lipinski definition) is 5. The Bertz CT molecular complexity index is 585. The molecule has 0 spiro atoms. The van der Waals surface area contributed by atoms with Crippen LogP contribution >= 0.6 is 15.9 Å². The molecule has 2 rings (SSSR count). The van der Waals surface area contributed by atoms with Crippen LogP contribution in [0.3, 0.4) is 0 Å². The zero-order chi connectivity index (χ0) is 13.1. The van der Waals surface area contributed by atoms with Crippen LogP contribution in [0.4, 0.5) is 4.39 Å². The molecule has 0 aliphatic rings. The summed E-state index contributed by atoms with van der Waals surface area (Å²) in [5.41, 5.74) is 0.103. The van der Waals surface area contributed by atoms with E-state index in [0.29, 0.717) is 10.3 Å². The fraction of sp³-hybridized carbons (Fsp3) is 0.182. The lowest BCUT2D eigenvalue weighted by Crippen LogP contribution is -2.06. The Hall–Kier alpha value is -1.76. The second-order valence-electron chi connectivity index (χ2n) is 3.44. The van der Waals surface area contributed by atoms with Crippen molar-refractivity contribution in [2.24, 2.45) is 0 Å². The molecule has 18 heavy (non-hydrogen) atoms. The number of nitrogens with zero attached hydrogens (tertiary/aromatic N) is 2. The van der Waals surface area contributed by atoms with E-state index in [0.717, 1.165) is 6.07 Å². The van der Waals surface area contributed by atoms with Crippen molar-refractivity contribution in [3.05, 3.63) is 45.8 Å². The summed E-state index contributed by atoms with van der Waals surface area (Å²) in [6.07, 6.45) is 0. The summed E-state index contributed by atoms with van der Waals surface area (Å²) >= 11 is 3.14. The molecule has 1 aromatic carbocycles. The molecule has 5 nitrogen and oxygen atoms in total. The first-order valence-corrected chi connectivity index (χ1v) is 5.77. The Morgan fingerprint density at radius 2 is 2.33 bits per heavy atom. The van der Waals surface area contributed by atoms with Crippen LogP contribution in [-0.4, -0.2) is 16.1 Å². The number of carbonyl (C=O) groups is 1. The average Bonchev–Trinajstić information content (AvgIpc) is 2.75. The lowest BCUT2D eigenvalue weighted by atomic mass is 10.2. The highest BCUT2D eigenvalue weighted by Crippen LogP contribution is 2.19. The third-order valence-corrected chi connectivity index (χ3v) is 2.74. The standard InChI is InChI=1S/C11H8BrFN2O3/c1-6-14-10(18-15-6)5-17-11(16)8-4-7(13)2-3-9(8)12/h2-4H,5H2,1H3. The summed E-state index contributed by atoms with van der Waals surface area (Å²) in [7, 11) is 0. The number of aryl methyl sites for hydroxylation is 1. The maximum Gasteiger partial charge on any atom is 0.339 e. The fourth-order valence-corrected chi connectivity index (χ4v) is 1.67. The number of rotatable bonds is 3. The Labute approximate surface area is 110 Å². The van der Waals surface area contributed by atoms with Crippen molar-refractivity contribution < 1.29 is 18.4 Å². The van der Waals surface area contributed by atoms with E-state index in [1.807, 2.05) is 0 Å². The van der Waals surface area contributed by atoms with Gasteiger partial charge in [0.05, 0.1) is 5.56 Å². The lowest BCUT2D eigenvalue weighted by molar-refractivity contribution is 0.0428. The Morgan fingerprint density at radius 1 is 1.56 bits per heavy atom. The van der Waals surface area contributed by atoms with Gasteiger partial charge in [-0.2, -0.15) is 4.98 Å². The minimum Gasteiger partial charge on any atom is -0.452 e. The summed E-state index contributed by atoms with van der Waals surface area (Å²) in [4.78, 5) is 15.6. The second-order valence-corrected chi connectivity index (χ2v) is 4.29. The quantitative estimate of drug-likeness (QED) is 0.815. The van der Waals surface area contributed by atoms with E-state index >= 15 is 0 Å². The molecule has 2 aromatic rings. The maximum absolute atomic E-state index is 13.0. The second kappa shape index (κ2) is 5.26. The van der Waals surface area contributed by atoms with Crippen molar-refractivity contribution >= 4 is 21.9 Å². The largest absolute Gasteiger partial charge is 0.452 e. The third-order valence-electron chi connectivity index (χ3n) is 2.04. The molecule has 0 aliphatic carbocycles. The van der Waals surface area contributed by atoms with Gasteiger partial charge < -0.3 is 9.26 Å². The average molecular weight is 315 g/mol. The first kappa shape index (κ1) is 12.7. The monoisotopic (exact) mass is 314 g/mol. The minimum atomic E-state index is -0.669. The fourth-order valence-electron chi connectivity index (χ4n) is 1.26. The Balaban J connectivity index is 2.05. The van der Waals surface area contributed by atoms with Gasteiger partial charge in [0.25, 0.3) is 5.89 Å². The topological polar surface area (TPSA) is 65.2 Å². The van der Waals surface area contributed by atoms with Crippen LogP contribution in [0.25, 0.3) is 0 Å². The van der Waals surface area contributed by atoms with Crippen LogP contribution in [0.1, 0.15) is 22.1 Å². The van der Waals surface area contributed by atoms with Gasteiger partial charge in [0.15, 0.2) is 12.4 Å². The third kappa shape index (κ3) is 2.92. The van der Waals surface area contributed by atoms with Gasteiger partial charge in [-0.3, -0.25) is 0 Å². The van der Waals surface area contributed by atoms with Crippen molar-refractivity contribution in [3.63, 3.8) is 0 Å². The van der Waals surface area contributed by atoms with E-state index in [4.69, 9.17) is 9.26 Å². The normalized spacial score (nSPS) is 10.4. The molecule has 0 radical (unpaired) electrons. The van der Waals surface area contributed by atoms with E-state index in [2.05, 4.69) is 26.1 Å². The zero-order valence-corrected chi connectivity index (χ0v) is 10.9. The summed E-state index contributed by atoms with van der Waals surface area (Å²) in [5, 5.41) is 3.55. The number of halogens is 2. The molecule has 0 aliphatic heterocycles. The van der Waals surface area contributed by atoms with Crippen LogP contribution in [0, 0.1) is 12.7 Å². The van der Waals surface area contributed by atoms with Crippen LogP contribution in [-0.2, 0) is 11.3 Å². The van der Waals surface area contributed by atoms with Crippen LogP contribution in [0.2, 0.25) is 0 Å². The number of hydrogen-bond donors (Lipinski definition) is 0. The summed E-state index contributed by atoms with van der Waals surface area (Å²) in [5.74, 6) is -0.544. The van der Waals surface area contributed by atoms with Crippen molar-refractivity contribution in [2.75, 3.05) is 0 Å². The molecule has 0 fully saturated rings. The number of ether oxygens (including phenoxy) is 1. The van der Waals surface area contributed by atoms with E-state index < -0.39 is 11.8 Å². The van der Waals surface area contributed by atoms with Gasteiger partial charge in [-0.25, -0.2) is 9.18 Å². The number of benzene rings is 1. The van der Waals surface area contributed by atoms with Gasteiger partial charge in [0, 0.05) is 4.47 Å². The first-order chi connectivity index (χ1) is 8.56. The van der Waals surface area contributed by atoms with Gasteiger partial charge in [0.1, 0.15) is 5.82 Å². The van der Waals surface area contributed by atoms with Crippen LogP contribution in [0.5, 0.6) is 0 Å². The highest BCUT2D eigenvalue weighted by Gasteiger charge is 2.14. The molecule has 7 heteroatoms. The van der Waals surface area contributed by atoms with Crippen molar-refractivity contribution in [1.29, 1.82) is 0 Å². The van der Waals surface area contributed by atoms with Gasteiger partial charge in [-0.05, 0) is 41.1 Å². The number of esters is 1. The molecule has 0 N–H and O–H groups in total. The molecular formula is C11H8BrFN2O3. The number of aromatic nitrogens is 2. The molecule has 1 heterocycles. The Kier molecular flexibility index (Phi) is 3.71. The van der Waals surface area contributed by atoms with Crippen LogP contribution < -0.4 is 0 Å². The predicted molar refractivity (Wildman–Crippen MR) is 62.3 cm³/mol. The lowest BCUT2D eigenvalue weighted by Gasteiger charge is -2.04. The van der Waals surface area contributed by atoms with E-state index in [1.165, 1.54) is 12.1 Å². The number of carbonyl (C=O) groups excluding carboxylic acids is 1. The van der Waals surface area contributed by atoms with E-state index in [1.54, 1.807) is 6.92 Å². The van der Waals surface area contributed by atoms with Gasteiger partial charge in [-0.15, -0.1) is 0 Å². The van der Waals surface area contributed by atoms with E-state index in [-0.39, 0.29) is 18.1 Å². The minimum absolute atomic E-state index is 0.103. The van der Waals surface area contributed by atoms with Gasteiger partial charge in [-0.1, -0.05) is 5.16 Å². The summed E-state index contributed by atoms with van der Waals surface area (Å²) < 4.78 is 23.2. The van der Waals surface area contributed by atoms with Gasteiger partial charge in [0.2, 0.25) is 0 Å². The van der Waals surface area contributed by atoms with Crippen molar-refractivity contribution in [3.8, 4) is 0 Å². The Morgan fingerprint density at radius 3 is 3.00 bits per heavy atom. The molecule has 94 valence electrons. The van der Waals surface area contributed by atoms with Crippen molar-refractivity contribution in [1.82, 2.24) is 10.1 Å².